The summed E-state index contributed by atoms with van der Waals surface area (Å²) in [5, 5.41) is 6.58. The molecule has 1 aliphatic rings. The quantitative estimate of drug-likeness (QED) is 0.930. The lowest BCUT2D eigenvalue weighted by molar-refractivity contribution is -0.141. The molecule has 0 saturated heterocycles. The first kappa shape index (κ1) is 16.0. The fraction of sp³-hybridized carbons (Fsp3) is 0.467. The second-order valence-corrected chi connectivity index (χ2v) is 6.52. The number of carbonyl (C=O) groups excluding carboxylic acids is 1. The Balaban J connectivity index is 1.61. The minimum atomic E-state index is -4.41. The lowest BCUT2D eigenvalue weighted by Crippen LogP contribution is -2.33. The Bertz CT molecular complexity index is 720. The molecular formula is C15H16F3N3OS. The average Bonchev–Trinajstić information content (AvgIpc) is 3.09. The third-order valence-electron chi connectivity index (χ3n) is 4.03. The van der Waals surface area contributed by atoms with Gasteiger partial charge in [0.1, 0.15) is 5.82 Å². The molecule has 23 heavy (non-hydrogen) atoms. The van der Waals surface area contributed by atoms with Crippen LogP contribution in [0.15, 0.2) is 17.0 Å². The van der Waals surface area contributed by atoms with Crippen molar-refractivity contribution in [1.29, 1.82) is 0 Å². The lowest BCUT2D eigenvalue weighted by atomic mass is 9.99. The van der Waals surface area contributed by atoms with Gasteiger partial charge in [-0.15, -0.1) is 0 Å². The molecule has 0 saturated carbocycles. The molecule has 0 aliphatic carbocycles. The van der Waals surface area contributed by atoms with E-state index in [1.165, 1.54) is 11.3 Å². The Morgan fingerprint density at radius 3 is 2.91 bits per heavy atom. The zero-order valence-electron chi connectivity index (χ0n) is 12.5. The highest BCUT2D eigenvalue weighted by molar-refractivity contribution is 7.08. The van der Waals surface area contributed by atoms with Crippen molar-refractivity contribution in [3.8, 4) is 0 Å². The van der Waals surface area contributed by atoms with Gasteiger partial charge in [-0.05, 0) is 30.2 Å². The van der Waals surface area contributed by atoms with E-state index in [4.69, 9.17) is 0 Å². The fourth-order valence-corrected chi connectivity index (χ4v) is 3.57. The van der Waals surface area contributed by atoms with Gasteiger partial charge in [-0.2, -0.15) is 24.5 Å². The van der Waals surface area contributed by atoms with Crippen LogP contribution in [0.4, 0.5) is 13.2 Å². The zero-order valence-corrected chi connectivity index (χ0v) is 13.3. The maximum absolute atomic E-state index is 12.7. The highest BCUT2D eigenvalue weighted by atomic mass is 32.1. The standard InChI is InChI=1S/C15H16F3N3OS/c1-9-7-23-8-11(9)14(22)19-4-10-2-3-13-20-12(15(16,17)18)6-21(13)5-10/h6-8,10H,2-5H2,1H3,(H,19,22). The van der Waals surface area contributed by atoms with E-state index in [0.717, 1.165) is 18.2 Å². The second-order valence-electron chi connectivity index (χ2n) is 5.78. The number of amides is 1. The molecule has 4 nitrogen and oxygen atoms in total. The van der Waals surface area contributed by atoms with Gasteiger partial charge in [0.15, 0.2) is 5.69 Å². The minimum absolute atomic E-state index is 0.112. The van der Waals surface area contributed by atoms with Gasteiger partial charge in [0.25, 0.3) is 5.91 Å². The van der Waals surface area contributed by atoms with Crippen molar-refractivity contribution >= 4 is 17.2 Å². The summed E-state index contributed by atoms with van der Waals surface area (Å²) < 4.78 is 39.6. The summed E-state index contributed by atoms with van der Waals surface area (Å²) in [6.45, 7) is 2.77. The monoisotopic (exact) mass is 343 g/mol. The van der Waals surface area contributed by atoms with Crippen LogP contribution in [0.25, 0.3) is 0 Å². The first-order valence-corrected chi connectivity index (χ1v) is 8.23. The molecule has 0 fully saturated rings. The van der Waals surface area contributed by atoms with Crippen LogP contribution in [0.3, 0.4) is 0 Å². The molecule has 1 atom stereocenters. The van der Waals surface area contributed by atoms with Gasteiger partial charge in [0.05, 0.1) is 5.56 Å². The number of fused-ring (bicyclic) bond motifs is 1. The largest absolute Gasteiger partial charge is 0.434 e. The Morgan fingerprint density at radius 1 is 1.48 bits per heavy atom. The number of halogens is 3. The maximum atomic E-state index is 12.7. The number of carbonyl (C=O) groups is 1. The first-order valence-electron chi connectivity index (χ1n) is 7.29. The molecule has 0 aromatic carbocycles. The van der Waals surface area contributed by atoms with E-state index in [2.05, 4.69) is 10.3 Å². The van der Waals surface area contributed by atoms with Crippen LogP contribution in [0.5, 0.6) is 0 Å². The Labute approximate surface area is 135 Å². The smallest absolute Gasteiger partial charge is 0.352 e. The molecule has 2 aromatic heterocycles. The summed E-state index contributed by atoms with van der Waals surface area (Å²) in [6.07, 6.45) is -2.14. The number of hydrogen-bond donors (Lipinski definition) is 1. The SMILES string of the molecule is Cc1cscc1C(=O)NCC1CCc2nc(C(F)(F)F)cn2C1. The molecule has 0 radical (unpaired) electrons. The number of alkyl halides is 3. The first-order chi connectivity index (χ1) is 10.8. The highest BCUT2D eigenvalue weighted by Gasteiger charge is 2.35. The number of nitrogens with one attached hydrogen (secondary N) is 1. The summed E-state index contributed by atoms with van der Waals surface area (Å²) in [5.41, 5.74) is 0.752. The summed E-state index contributed by atoms with van der Waals surface area (Å²) in [6, 6.07) is 0. The van der Waals surface area contributed by atoms with Crippen LogP contribution in [-0.4, -0.2) is 22.0 Å². The number of aryl methyl sites for hydroxylation is 2. The number of rotatable bonds is 3. The molecule has 1 aliphatic heterocycles. The van der Waals surface area contributed by atoms with E-state index in [1.54, 1.807) is 9.95 Å². The summed E-state index contributed by atoms with van der Waals surface area (Å²) >= 11 is 1.47. The number of aromatic nitrogens is 2. The number of imidazole rings is 1. The average molecular weight is 343 g/mol. The Kier molecular flexibility index (Phi) is 4.18. The second kappa shape index (κ2) is 5.99. The fourth-order valence-electron chi connectivity index (χ4n) is 2.74. The van der Waals surface area contributed by atoms with Gasteiger partial charge >= 0.3 is 6.18 Å². The number of nitrogens with zero attached hydrogens (tertiary/aromatic N) is 2. The van der Waals surface area contributed by atoms with Crippen molar-refractivity contribution in [2.75, 3.05) is 6.54 Å². The maximum Gasteiger partial charge on any atom is 0.434 e. The van der Waals surface area contributed by atoms with Crippen LogP contribution in [0.2, 0.25) is 0 Å². The van der Waals surface area contributed by atoms with Crippen molar-refractivity contribution < 1.29 is 18.0 Å². The van der Waals surface area contributed by atoms with Crippen molar-refractivity contribution in [3.63, 3.8) is 0 Å². The van der Waals surface area contributed by atoms with Crippen molar-refractivity contribution in [3.05, 3.63) is 39.6 Å². The van der Waals surface area contributed by atoms with Gasteiger partial charge in [-0.3, -0.25) is 4.79 Å². The van der Waals surface area contributed by atoms with E-state index < -0.39 is 11.9 Å². The molecule has 124 valence electrons. The molecule has 1 N–H and O–H groups in total. The number of thiophene rings is 1. The van der Waals surface area contributed by atoms with Crippen LogP contribution >= 0.6 is 11.3 Å². The Hall–Kier alpha value is -1.83. The van der Waals surface area contributed by atoms with Crippen molar-refractivity contribution in [2.45, 2.75) is 32.5 Å². The highest BCUT2D eigenvalue weighted by Crippen LogP contribution is 2.30. The minimum Gasteiger partial charge on any atom is -0.352 e. The van der Waals surface area contributed by atoms with Gasteiger partial charge in [0, 0.05) is 31.1 Å². The summed E-state index contributed by atoms with van der Waals surface area (Å²) in [5.74, 6) is 0.449. The van der Waals surface area contributed by atoms with E-state index in [9.17, 15) is 18.0 Å². The van der Waals surface area contributed by atoms with Crippen LogP contribution in [-0.2, 0) is 19.1 Å². The van der Waals surface area contributed by atoms with Gasteiger partial charge in [-0.25, -0.2) is 4.98 Å². The normalized spacial score (nSPS) is 17.8. The van der Waals surface area contributed by atoms with E-state index >= 15 is 0 Å². The summed E-state index contributed by atoms with van der Waals surface area (Å²) in [7, 11) is 0. The predicted molar refractivity (Wildman–Crippen MR) is 80.4 cm³/mol. The third-order valence-corrected chi connectivity index (χ3v) is 4.89. The molecular weight excluding hydrogens is 327 g/mol. The molecule has 2 aromatic rings. The van der Waals surface area contributed by atoms with Gasteiger partial charge in [0.2, 0.25) is 0 Å². The zero-order chi connectivity index (χ0) is 16.6. The van der Waals surface area contributed by atoms with Gasteiger partial charge < -0.3 is 9.88 Å². The molecule has 0 bridgehead atoms. The molecule has 8 heteroatoms. The van der Waals surface area contributed by atoms with Crippen LogP contribution < -0.4 is 5.32 Å². The molecule has 1 amide bonds. The van der Waals surface area contributed by atoms with Crippen LogP contribution in [0, 0.1) is 12.8 Å². The molecule has 3 rings (SSSR count). The van der Waals surface area contributed by atoms with Crippen LogP contribution in [0.1, 0.15) is 33.9 Å². The predicted octanol–water partition coefficient (Wildman–Crippen LogP) is 3.26. The van der Waals surface area contributed by atoms with E-state index in [1.807, 2.05) is 12.3 Å². The van der Waals surface area contributed by atoms with Gasteiger partial charge in [-0.1, -0.05) is 0 Å². The van der Waals surface area contributed by atoms with Crippen molar-refractivity contribution in [2.24, 2.45) is 5.92 Å². The molecule has 3 heterocycles. The molecule has 0 spiro atoms. The summed E-state index contributed by atoms with van der Waals surface area (Å²) in [4.78, 5) is 15.7. The van der Waals surface area contributed by atoms with E-state index in [0.29, 0.717) is 30.9 Å². The Morgan fingerprint density at radius 2 is 2.26 bits per heavy atom. The topological polar surface area (TPSA) is 46.9 Å². The van der Waals surface area contributed by atoms with Crippen molar-refractivity contribution in [1.82, 2.24) is 14.9 Å². The van der Waals surface area contributed by atoms with E-state index in [-0.39, 0.29) is 11.8 Å². The number of hydrogen-bond acceptors (Lipinski definition) is 3. The molecule has 1 unspecified atom stereocenters. The lowest BCUT2D eigenvalue weighted by Gasteiger charge is -2.23. The third kappa shape index (κ3) is 3.41.